The predicted octanol–water partition coefficient (Wildman–Crippen LogP) is 2.06. The number of nitrogens with zero attached hydrogens (tertiary/aromatic N) is 2. The number of aliphatic hydroxyl groups is 2. The summed E-state index contributed by atoms with van der Waals surface area (Å²) in [4.78, 5) is 30.3. The molecule has 2 amide bonds. The van der Waals surface area contributed by atoms with Crippen molar-refractivity contribution in [3.63, 3.8) is 0 Å². The molecule has 3 N–H and O–H groups in total. The maximum absolute atomic E-state index is 14.7. The molecule has 2 fully saturated rings. The third kappa shape index (κ3) is 9.79. The summed E-state index contributed by atoms with van der Waals surface area (Å²) in [6.07, 6.45) is 0.419. The van der Waals surface area contributed by atoms with Gasteiger partial charge in [0.05, 0.1) is 18.1 Å². The maximum Gasteiger partial charge on any atom is 0.256 e. The van der Waals surface area contributed by atoms with Crippen molar-refractivity contribution < 1.29 is 33.7 Å². The van der Waals surface area contributed by atoms with Gasteiger partial charge < -0.3 is 34.8 Å². The van der Waals surface area contributed by atoms with Gasteiger partial charge in [-0.25, -0.2) is 4.39 Å². The fraction of sp³-hybridized carbons (Fsp3) is 0.724. The van der Waals surface area contributed by atoms with Crippen molar-refractivity contribution in [1.29, 1.82) is 0 Å². The van der Waals surface area contributed by atoms with Crippen LogP contribution in [-0.2, 0) is 14.3 Å². The molecule has 2 saturated heterocycles. The molecule has 0 aliphatic carbocycles. The lowest BCUT2D eigenvalue weighted by molar-refractivity contribution is -0.137. The highest BCUT2D eigenvalue weighted by atomic mass is 19.1. The number of carbonyl (C=O) groups is 2. The number of ether oxygens (including phenoxy) is 2. The molecule has 3 rings (SSSR count). The standard InChI is InChI=1S/C29H46FN3O6/c1-21(2)11-17-39-26-19-33(29(37)23-9-3-4-10-24(23)30)15-14-32(28(36)22-8-7-12-31-18-22)13-5-6-16-38-20-25(34)27(26)35/h3-4,9-10,21-22,25-27,31,34-35H,5-8,11-20H2,1-2H3/t22-,25+,26+,27+/m0/s1. The summed E-state index contributed by atoms with van der Waals surface area (Å²) in [5.74, 6) is -0.905. The van der Waals surface area contributed by atoms with Crippen LogP contribution in [0.25, 0.3) is 0 Å². The highest BCUT2D eigenvalue weighted by molar-refractivity contribution is 5.94. The first-order valence-electron chi connectivity index (χ1n) is 14.4. The first-order chi connectivity index (χ1) is 18.8. The topological polar surface area (TPSA) is 112 Å². The third-order valence-corrected chi connectivity index (χ3v) is 7.45. The van der Waals surface area contributed by atoms with Crippen LogP contribution in [0.5, 0.6) is 0 Å². The second kappa shape index (κ2) is 16.2. The molecule has 2 aliphatic heterocycles. The summed E-state index contributed by atoms with van der Waals surface area (Å²) >= 11 is 0. The number of nitrogens with one attached hydrogen (secondary N) is 1. The molecule has 0 bridgehead atoms. The Morgan fingerprint density at radius 3 is 2.62 bits per heavy atom. The summed E-state index contributed by atoms with van der Waals surface area (Å²) in [6, 6.07) is 5.77. The summed E-state index contributed by atoms with van der Waals surface area (Å²) < 4.78 is 26.3. The van der Waals surface area contributed by atoms with E-state index in [9.17, 15) is 24.2 Å². The van der Waals surface area contributed by atoms with Crippen LogP contribution in [0.15, 0.2) is 24.3 Å². The second-order valence-electron chi connectivity index (χ2n) is 11.0. The van der Waals surface area contributed by atoms with Crippen molar-refractivity contribution in [2.75, 3.05) is 59.1 Å². The highest BCUT2D eigenvalue weighted by Crippen LogP contribution is 2.18. The van der Waals surface area contributed by atoms with Gasteiger partial charge >= 0.3 is 0 Å². The summed E-state index contributed by atoms with van der Waals surface area (Å²) in [7, 11) is 0. The van der Waals surface area contributed by atoms with Crippen molar-refractivity contribution >= 4 is 11.8 Å². The van der Waals surface area contributed by atoms with E-state index in [1.165, 1.54) is 23.1 Å². The van der Waals surface area contributed by atoms with E-state index in [4.69, 9.17) is 9.47 Å². The van der Waals surface area contributed by atoms with Crippen molar-refractivity contribution in [3.05, 3.63) is 35.6 Å². The minimum Gasteiger partial charge on any atom is -0.388 e. The van der Waals surface area contributed by atoms with Gasteiger partial charge in [-0.05, 0) is 56.7 Å². The van der Waals surface area contributed by atoms with Gasteiger partial charge in [0.25, 0.3) is 5.91 Å². The van der Waals surface area contributed by atoms with Crippen LogP contribution in [-0.4, -0.2) is 109 Å². The Balaban J connectivity index is 1.87. The van der Waals surface area contributed by atoms with Crippen molar-refractivity contribution in [2.45, 2.75) is 64.3 Å². The molecule has 2 heterocycles. The Kier molecular flexibility index (Phi) is 13.1. The van der Waals surface area contributed by atoms with Gasteiger partial charge in [0.2, 0.25) is 5.91 Å². The molecule has 1 aromatic carbocycles. The Labute approximate surface area is 231 Å². The van der Waals surface area contributed by atoms with Gasteiger partial charge in [-0.15, -0.1) is 0 Å². The van der Waals surface area contributed by atoms with E-state index in [-0.39, 0.29) is 43.6 Å². The number of amides is 2. The van der Waals surface area contributed by atoms with Crippen LogP contribution in [0.1, 0.15) is 56.3 Å². The zero-order valence-corrected chi connectivity index (χ0v) is 23.4. The molecular weight excluding hydrogens is 505 g/mol. The van der Waals surface area contributed by atoms with Gasteiger partial charge in [0.1, 0.15) is 24.1 Å². The molecule has 10 heteroatoms. The van der Waals surface area contributed by atoms with Crippen molar-refractivity contribution in [3.8, 4) is 0 Å². The number of carbonyl (C=O) groups excluding carboxylic acids is 2. The quantitative estimate of drug-likeness (QED) is 0.496. The number of halogens is 1. The van der Waals surface area contributed by atoms with E-state index in [0.29, 0.717) is 45.1 Å². The Morgan fingerprint density at radius 1 is 1.13 bits per heavy atom. The largest absolute Gasteiger partial charge is 0.388 e. The number of hydrogen-bond donors (Lipinski definition) is 3. The van der Waals surface area contributed by atoms with Crippen LogP contribution >= 0.6 is 0 Å². The molecule has 4 atom stereocenters. The SMILES string of the molecule is CC(C)CCO[C@@H]1CN(C(=O)c2ccccc2F)CCN(C(=O)[C@H]2CCCNC2)CCCCOC[C@@H](O)[C@H]1O. The molecule has 0 radical (unpaired) electrons. The van der Waals surface area contributed by atoms with E-state index in [1.54, 1.807) is 11.0 Å². The zero-order chi connectivity index (χ0) is 28.2. The molecule has 39 heavy (non-hydrogen) atoms. The molecule has 0 unspecified atom stereocenters. The molecule has 0 aromatic heterocycles. The Morgan fingerprint density at radius 2 is 1.90 bits per heavy atom. The normalized spacial score (nSPS) is 26.3. The first kappa shape index (κ1) is 31.4. The maximum atomic E-state index is 14.7. The molecule has 0 spiro atoms. The van der Waals surface area contributed by atoms with Crippen LogP contribution in [0.4, 0.5) is 4.39 Å². The first-order valence-corrected chi connectivity index (χ1v) is 14.4. The zero-order valence-electron chi connectivity index (χ0n) is 23.4. The molecule has 2 aliphatic rings. The van der Waals surface area contributed by atoms with Gasteiger partial charge in [-0.1, -0.05) is 26.0 Å². The number of rotatable bonds is 6. The molecule has 0 saturated carbocycles. The number of hydrogen-bond acceptors (Lipinski definition) is 7. The Hall–Kier alpha value is -2.11. The lowest BCUT2D eigenvalue weighted by atomic mass is 9.98. The third-order valence-electron chi connectivity index (χ3n) is 7.45. The fourth-order valence-corrected chi connectivity index (χ4v) is 4.96. The fourth-order valence-electron chi connectivity index (χ4n) is 4.96. The van der Waals surface area contributed by atoms with E-state index in [0.717, 1.165) is 25.8 Å². The minimum absolute atomic E-state index is 0.0497. The van der Waals surface area contributed by atoms with E-state index < -0.39 is 30.0 Å². The molecule has 9 nitrogen and oxygen atoms in total. The number of benzene rings is 1. The van der Waals surface area contributed by atoms with E-state index >= 15 is 0 Å². The predicted molar refractivity (Wildman–Crippen MR) is 146 cm³/mol. The molecule has 220 valence electrons. The van der Waals surface area contributed by atoms with Crippen LogP contribution in [0.2, 0.25) is 0 Å². The van der Waals surface area contributed by atoms with Gasteiger partial charge in [0.15, 0.2) is 0 Å². The van der Waals surface area contributed by atoms with Crippen molar-refractivity contribution in [2.24, 2.45) is 11.8 Å². The van der Waals surface area contributed by atoms with E-state index in [1.807, 2.05) is 0 Å². The average Bonchev–Trinajstić information content (AvgIpc) is 2.93. The lowest BCUT2D eigenvalue weighted by Gasteiger charge is -2.35. The number of aliphatic hydroxyl groups excluding tert-OH is 2. The van der Waals surface area contributed by atoms with Crippen LogP contribution in [0.3, 0.4) is 0 Å². The van der Waals surface area contributed by atoms with E-state index in [2.05, 4.69) is 19.2 Å². The lowest BCUT2D eigenvalue weighted by Crippen LogP contribution is -2.52. The molecular formula is C29H46FN3O6. The van der Waals surface area contributed by atoms with Crippen LogP contribution in [0, 0.1) is 17.7 Å². The van der Waals surface area contributed by atoms with Gasteiger partial charge in [-0.2, -0.15) is 0 Å². The smallest absolute Gasteiger partial charge is 0.256 e. The average molecular weight is 552 g/mol. The summed E-state index contributed by atoms with van der Waals surface area (Å²) in [5, 5.41) is 24.9. The second-order valence-corrected chi connectivity index (χ2v) is 11.0. The minimum atomic E-state index is -1.32. The van der Waals surface area contributed by atoms with Gasteiger partial charge in [0, 0.05) is 45.9 Å². The Bertz CT molecular complexity index is 898. The molecule has 1 aromatic rings. The van der Waals surface area contributed by atoms with Gasteiger partial charge in [-0.3, -0.25) is 9.59 Å². The number of piperidine rings is 1. The monoisotopic (exact) mass is 551 g/mol. The highest BCUT2D eigenvalue weighted by Gasteiger charge is 2.33. The summed E-state index contributed by atoms with van der Waals surface area (Å²) in [6.45, 7) is 7.14. The van der Waals surface area contributed by atoms with Crippen LogP contribution < -0.4 is 5.32 Å². The summed E-state index contributed by atoms with van der Waals surface area (Å²) in [5.41, 5.74) is -0.0905. The van der Waals surface area contributed by atoms with Crippen molar-refractivity contribution in [1.82, 2.24) is 15.1 Å².